The zero-order valence-corrected chi connectivity index (χ0v) is 9.80. The molecule has 1 aliphatic rings. The fourth-order valence-corrected chi connectivity index (χ4v) is 1.90. The normalized spacial score (nSPS) is 22.2. The van der Waals surface area contributed by atoms with E-state index in [2.05, 4.69) is 15.5 Å². The van der Waals surface area contributed by atoms with Gasteiger partial charge < -0.3 is 21.3 Å². The third-order valence-corrected chi connectivity index (χ3v) is 2.82. The van der Waals surface area contributed by atoms with Crippen molar-refractivity contribution in [1.29, 1.82) is 0 Å². The summed E-state index contributed by atoms with van der Waals surface area (Å²) < 4.78 is 0. The molecule has 0 spiro atoms. The van der Waals surface area contributed by atoms with Crippen LogP contribution in [0.5, 0.6) is 0 Å². The zero-order valence-electron chi connectivity index (χ0n) is 9.80. The van der Waals surface area contributed by atoms with E-state index in [1.54, 1.807) is 0 Å². The van der Waals surface area contributed by atoms with Crippen LogP contribution in [-0.4, -0.2) is 57.3 Å². The summed E-state index contributed by atoms with van der Waals surface area (Å²) in [6.45, 7) is 8.88. The Morgan fingerprint density at radius 2 is 1.67 bits per heavy atom. The molecule has 1 aliphatic heterocycles. The summed E-state index contributed by atoms with van der Waals surface area (Å²) in [5.41, 5.74) is 5.54. The molecule has 0 atom stereocenters. The summed E-state index contributed by atoms with van der Waals surface area (Å²) in [7, 11) is 0. The highest BCUT2D eigenvalue weighted by Gasteiger charge is 2.04. The first-order chi connectivity index (χ1) is 7.43. The maximum Gasteiger partial charge on any atom is 0.0107 e. The van der Waals surface area contributed by atoms with Crippen molar-refractivity contribution in [2.75, 3.05) is 52.4 Å². The molecule has 15 heavy (non-hydrogen) atoms. The van der Waals surface area contributed by atoms with E-state index in [4.69, 9.17) is 5.73 Å². The standard InChI is InChI=1S/C11H26N4/c12-4-1-9-15-10-3-7-13-5-2-6-14-8-11-15/h13-14H,1-12H2. The van der Waals surface area contributed by atoms with Crippen LogP contribution in [-0.2, 0) is 0 Å². The van der Waals surface area contributed by atoms with E-state index in [0.29, 0.717) is 0 Å². The molecule has 0 aliphatic carbocycles. The number of hydrogen-bond acceptors (Lipinski definition) is 4. The summed E-state index contributed by atoms with van der Waals surface area (Å²) in [5.74, 6) is 0. The lowest BCUT2D eigenvalue weighted by Crippen LogP contribution is -2.34. The van der Waals surface area contributed by atoms with Gasteiger partial charge in [0.2, 0.25) is 0 Å². The lowest BCUT2D eigenvalue weighted by Gasteiger charge is -2.21. The Balaban J connectivity index is 2.19. The molecule has 4 nitrogen and oxygen atoms in total. The van der Waals surface area contributed by atoms with E-state index in [9.17, 15) is 0 Å². The molecule has 0 unspecified atom stereocenters. The van der Waals surface area contributed by atoms with Crippen molar-refractivity contribution in [2.45, 2.75) is 19.3 Å². The van der Waals surface area contributed by atoms with Crippen molar-refractivity contribution in [1.82, 2.24) is 15.5 Å². The summed E-state index contributed by atoms with van der Waals surface area (Å²) >= 11 is 0. The molecule has 1 rings (SSSR count). The van der Waals surface area contributed by atoms with Gasteiger partial charge in [0.15, 0.2) is 0 Å². The van der Waals surface area contributed by atoms with Crippen LogP contribution in [0.1, 0.15) is 19.3 Å². The Hall–Kier alpha value is -0.160. The van der Waals surface area contributed by atoms with Gasteiger partial charge in [-0.2, -0.15) is 0 Å². The van der Waals surface area contributed by atoms with Crippen LogP contribution < -0.4 is 16.4 Å². The second kappa shape index (κ2) is 9.09. The monoisotopic (exact) mass is 214 g/mol. The number of hydrogen-bond donors (Lipinski definition) is 3. The first-order valence-electron chi connectivity index (χ1n) is 6.27. The molecule has 0 radical (unpaired) electrons. The van der Waals surface area contributed by atoms with Crippen molar-refractivity contribution >= 4 is 0 Å². The molecular formula is C11H26N4. The smallest absolute Gasteiger partial charge is 0.0107 e. The summed E-state index contributed by atoms with van der Waals surface area (Å²) in [5, 5.41) is 6.94. The van der Waals surface area contributed by atoms with Gasteiger partial charge in [-0.1, -0.05) is 0 Å². The van der Waals surface area contributed by atoms with Crippen LogP contribution in [0.15, 0.2) is 0 Å². The summed E-state index contributed by atoms with van der Waals surface area (Å²) in [4.78, 5) is 2.52. The number of nitrogens with zero attached hydrogens (tertiary/aromatic N) is 1. The molecule has 1 fully saturated rings. The highest BCUT2D eigenvalue weighted by atomic mass is 15.1. The summed E-state index contributed by atoms with van der Waals surface area (Å²) in [6.07, 6.45) is 3.61. The molecule has 1 heterocycles. The van der Waals surface area contributed by atoms with Crippen LogP contribution in [0.2, 0.25) is 0 Å². The highest BCUT2D eigenvalue weighted by molar-refractivity contribution is 4.64. The lowest BCUT2D eigenvalue weighted by atomic mass is 10.3. The van der Waals surface area contributed by atoms with Gasteiger partial charge in [-0.15, -0.1) is 0 Å². The highest BCUT2D eigenvalue weighted by Crippen LogP contribution is 1.94. The minimum Gasteiger partial charge on any atom is -0.330 e. The summed E-state index contributed by atoms with van der Waals surface area (Å²) in [6, 6.07) is 0. The molecule has 0 aromatic carbocycles. The van der Waals surface area contributed by atoms with Gasteiger partial charge in [0.1, 0.15) is 0 Å². The number of rotatable bonds is 3. The van der Waals surface area contributed by atoms with Crippen LogP contribution in [0.4, 0.5) is 0 Å². The minimum absolute atomic E-state index is 0.808. The lowest BCUT2D eigenvalue weighted by molar-refractivity contribution is 0.269. The molecule has 4 N–H and O–H groups in total. The maximum atomic E-state index is 5.54. The largest absolute Gasteiger partial charge is 0.330 e. The SMILES string of the molecule is NCCCN1CCCNCCCNCC1. The Morgan fingerprint density at radius 3 is 2.47 bits per heavy atom. The van der Waals surface area contributed by atoms with Gasteiger partial charge in [0.05, 0.1) is 0 Å². The quantitative estimate of drug-likeness (QED) is 0.599. The van der Waals surface area contributed by atoms with Gasteiger partial charge in [0.25, 0.3) is 0 Å². The Morgan fingerprint density at radius 1 is 0.933 bits per heavy atom. The predicted octanol–water partition coefficient (Wildman–Crippen LogP) is -0.390. The van der Waals surface area contributed by atoms with Crippen molar-refractivity contribution in [3.05, 3.63) is 0 Å². The van der Waals surface area contributed by atoms with Gasteiger partial charge in [0, 0.05) is 13.1 Å². The van der Waals surface area contributed by atoms with E-state index in [0.717, 1.165) is 45.7 Å². The zero-order chi connectivity index (χ0) is 10.8. The van der Waals surface area contributed by atoms with Gasteiger partial charge in [-0.3, -0.25) is 0 Å². The molecule has 90 valence electrons. The fourth-order valence-electron chi connectivity index (χ4n) is 1.90. The average Bonchev–Trinajstić information content (AvgIpc) is 2.31. The number of nitrogens with one attached hydrogen (secondary N) is 2. The molecule has 1 saturated heterocycles. The molecule has 0 bridgehead atoms. The molecular weight excluding hydrogens is 188 g/mol. The Kier molecular flexibility index (Phi) is 7.83. The van der Waals surface area contributed by atoms with Crippen LogP contribution in [0.25, 0.3) is 0 Å². The molecule has 4 heteroatoms. The van der Waals surface area contributed by atoms with Gasteiger partial charge in [-0.05, 0) is 58.5 Å². The first-order valence-corrected chi connectivity index (χ1v) is 6.27. The minimum atomic E-state index is 0.808. The fraction of sp³-hybridized carbons (Fsp3) is 1.00. The van der Waals surface area contributed by atoms with Crippen molar-refractivity contribution in [3.8, 4) is 0 Å². The van der Waals surface area contributed by atoms with Crippen LogP contribution in [0.3, 0.4) is 0 Å². The van der Waals surface area contributed by atoms with Crippen molar-refractivity contribution in [3.63, 3.8) is 0 Å². The second-order valence-corrected chi connectivity index (χ2v) is 4.19. The van der Waals surface area contributed by atoms with E-state index < -0.39 is 0 Å². The third-order valence-electron chi connectivity index (χ3n) is 2.82. The Labute approximate surface area is 93.6 Å². The topological polar surface area (TPSA) is 53.3 Å². The van der Waals surface area contributed by atoms with E-state index >= 15 is 0 Å². The second-order valence-electron chi connectivity index (χ2n) is 4.19. The van der Waals surface area contributed by atoms with Crippen LogP contribution >= 0.6 is 0 Å². The molecule has 0 aromatic heterocycles. The van der Waals surface area contributed by atoms with Crippen molar-refractivity contribution < 1.29 is 0 Å². The molecule has 0 amide bonds. The average molecular weight is 214 g/mol. The molecule has 0 aromatic rings. The first kappa shape index (κ1) is 12.9. The molecule has 0 saturated carbocycles. The Bertz CT molecular complexity index is 129. The van der Waals surface area contributed by atoms with E-state index in [1.165, 1.54) is 25.9 Å². The predicted molar refractivity (Wildman–Crippen MR) is 65.1 cm³/mol. The van der Waals surface area contributed by atoms with E-state index in [1.807, 2.05) is 0 Å². The van der Waals surface area contributed by atoms with E-state index in [-0.39, 0.29) is 0 Å². The maximum absolute atomic E-state index is 5.54. The number of nitrogens with two attached hydrogens (primary N) is 1. The van der Waals surface area contributed by atoms with Gasteiger partial charge in [-0.25, -0.2) is 0 Å². The third kappa shape index (κ3) is 6.84. The van der Waals surface area contributed by atoms with Crippen molar-refractivity contribution in [2.24, 2.45) is 5.73 Å². The van der Waals surface area contributed by atoms with Gasteiger partial charge >= 0.3 is 0 Å². The van der Waals surface area contributed by atoms with Crippen LogP contribution in [0, 0.1) is 0 Å².